The maximum Gasteiger partial charge on any atom is 0.163 e. The van der Waals surface area contributed by atoms with Gasteiger partial charge in [-0.3, -0.25) is 0 Å². The molecule has 0 unspecified atom stereocenters. The molecule has 3 aromatic rings. The number of anilines is 1. The number of aromatic amines is 1. The van der Waals surface area contributed by atoms with Crippen LogP contribution in [-0.4, -0.2) is 33.0 Å². The molecule has 0 aliphatic rings. The molecule has 3 rings (SSSR count). The van der Waals surface area contributed by atoms with Crippen LogP contribution in [0.2, 0.25) is 0 Å². The number of unbranched alkanes of at least 4 members (excludes halogenated alkanes) is 2. The molecule has 3 heterocycles. The van der Waals surface area contributed by atoms with Crippen LogP contribution in [0.4, 0.5) is 5.82 Å². The molecule has 0 aliphatic carbocycles. The lowest BCUT2D eigenvalue weighted by Crippen LogP contribution is -2.28. The van der Waals surface area contributed by atoms with Crippen LogP contribution in [0.25, 0.3) is 28.0 Å². The number of rotatable bonds is 9. The van der Waals surface area contributed by atoms with Gasteiger partial charge < -0.3 is 9.88 Å². The highest BCUT2D eigenvalue weighted by atomic mass is 15.2. The van der Waals surface area contributed by atoms with Crippen molar-refractivity contribution in [3.8, 4) is 11.4 Å². The van der Waals surface area contributed by atoms with Gasteiger partial charge in [-0.1, -0.05) is 32.8 Å². The van der Waals surface area contributed by atoms with Crippen molar-refractivity contribution in [2.24, 2.45) is 0 Å². The highest BCUT2D eigenvalue weighted by molar-refractivity contribution is 5.80. The molecule has 5 nitrogen and oxygen atoms in total. The van der Waals surface area contributed by atoms with Crippen LogP contribution in [0, 0.1) is 6.92 Å². The van der Waals surface area contributed by atoms with Gasteiger partial charge in [0.1, 0.15) is 11.5 Å². The van der Waals surface area contributed by atoms with Crippen molar-refractivity contribution >= 4 is 22.4 Å². The molecule has 3 aromatic heterocycles. The smallest absolute Gasteiger partial charge is 0.163 e. The van der Waals surface area contributed by atoms with Crippen molar-refractivity contribution in [3.63, 3.8) is 0 Å². The number of nitrogens with one attached hydrogen (secondary N) is 1. The zero-order valence-corrected chi connectivity index (χ0v) is 18.4. The van der Waals surface area contributed by atoms with Gasteiger partial charge in [0.2, 0.25) is 0 Å². The first-order valence-corrected chi connectivity index (χ1v) is 10.8. The van der Waals surface area contributed by atoms with E-state index in [1.165, 1.54) is 24.8 Å². The minimum atomic E-state index is 0.744. The Labute approximate surface area is 174 Å². The predicted molar refractivity (Wildman–Crippen MR) is 123 cm³/mol. The van der Waals surface area contributed by atoms with Gasteiger partial charge in [-0.2, -0.15) is 0 Å². The van der Waals surface area contributed by atoms with Crippen molar-refractivity contribution in [2.75, 3.05) is 18.0 Å². The standard InChI is InChI=1S/C24H33N5/c1-6-9-10-14-29(13-7-2)24-18(5)21(17(4)8-3)27-23(28-24)20-15-19-11-12-25-22(19)26-16-20/h8,11-12,15-16H,6-7,9-10,13-14H2,1-5H3,(H,25,26)/b17-8-. The minimum absolute atomic E-state index is 0.744. The molecule has 0 amide bonds. The van der Waals surface area contributed by atoms with E-state index in [-0.39, 0.29) is 0 Å². The van der Waals surface area contributed by atoms with Crippen LogP contribution >= 0.6 is 0 Å². The third-order valence-electron chi connectivity index (χ3n) is 5.41. The normalized spacial score (nSPS) is 12.0. The molecule has 0 aliphatic heterocycles. The number of nitrogens with zero attached hydrogens (tertiary/aromatic N) is 4. The molecule has 154 valence electrons. The minimum Gasteiger partial charge on any atom is -0.356 e. The van der Waals surface area contributed by atoms with E-state index in [1.54, 1.807) is 0 Å². The first kappa shape index (κ1) is 21.0. The van der Waals surface area contributed by atoms with Gasteiger partial charge in [-0.15, -0.1) is 0 Å². The van der Waals surface area contributed by atoms with E-state index in [4.69, 9.17) is 9.97 Å². The Hall–Kier alpha value is -2.69. The molecule has 5 heteroatoms. The Morgan fingerprint density at radius 3 is 2.69 bits per heavy atom. The first-order chi connectivity index (χ1) is 14.1. The Kier molecular flexibility index (Phi) is 7.02. The average molecular weight is 392 g/mol. The Morgan fingerprint density at radius 1 is 1.14 bits per heavy atom. The molecule has 0 atom stereocenters. The molecule has 1 N–H and O–H groups in total. The summed E-state index contributed by atoms with van der Waals surface area (Å²) < 4.78 is 0. The Balaban J connectivity index is 2.12. The lowest BCUT2D eigenvalue weighted by Gasteiger charge is -2.26. The second-order valence-corrected chi connectivity index (χ2v) is 7.65. The summed E-state index contributed by atoms with van der Waals surface area (Å²) in [7, 11) is 0. The van der Waals surface area contributed by atoms with E-state index in [2.05, 4.69) is 61.6 Å². The van der Waals surface area contributed by atoms with E-state index >= 15 is 0 Å². The molecule has 0 aromatic carbocycles. The molecule has 0 bridgehead atoms. The van der Waals surface area contributed by atoms with Gasteiger partial charge in [0, 0.05) is 42.0 Å². The Bertz CT molecular complexity index is 986. The lowest BCUT2D eigenvalue weighted by molar-refractivity contribution is 0.661. The molecule has 0 spiro atoms. The number of H-pyrrole nitrogens is 1. The number of pyridine rings is 1. The molecular formula is C24H33N5. The zero-order chi connectivity index (χ0) is 20.8. The van der Waals surface area contributed by atoms with Crippen LogP contribution < -0.4 is 4.90 Å². The largest absolute Gasteiger partial charge is 0.356 e. The summed E-state index contributed by atoms with van der Waals surface area (Å²) in [6, 6.07) is 4.15. The van der Waals surface area contributed by atoms with E-state index in [9.17, 15) is 0 Å². The zero-order valence-electron chi connectivity index (χ0n) is 18.4. The quantitative estimate of drug-likeness (QED) is 0.444. The van der Waals surface area contributed by atoms with E-state index < -0.39 is 0 Å². The van der Waals surface area contributed by atoms with Gasteiger partial charge >= 0.3 is 0 Å². The third-order valence-corrected chi connectivity index (χ3v) is 5.41. The van der Waals surface area contributed by atoms with Crippen molar-refractivity contribution in [1.82, 2.24) is 19.9 Å². The molecule has 0 saturated carbocycles. The summed E-state index contributed by atoms with van der Waals surface area (Å²) in [5, 5.41) is 1.07. The molecule has 29 heavy (non-hydrogen) atoms. The third kappa shape index (κ3) is 4.66. The van der Waals surface area contributed by atoms with Gasteiger partial charge in [0.15, 0.2) is 5.82 Å². The van der Waals surface area contributed by atoms with Gasteiger partial charge in [0.05, 0.1) is 5.69 Å². The number of hydrogen-bond donors (Lipinski definition) is 1. The fourth-order valence-electron chi connectivity index (χ4n) is 3.67. The molecule has 0 radical (unpaired) electrons. The molecular weight excluding hydrogens is 358 g/mol. The van der Waals surface area contributed by atoms with Gasteiger partial charge in [-0.05, 0) is 51.3 Å². The van der Waals surface area contributed by atoms with Crippen molar-refractivity contribution < 1.29 is 0 Å². The summed E-state index contributed by atoms with van der Waals surface area (Å²) in [6.45, 7) is 12.8. The number of aromatic nitrogens is 4. The second-order valence-electron chi connectivity index (χ2n) is 7.65. The predicted octanol–water partition coefficient (Wildman–Crippen LogP) is 6.16. The van der Waals surface area contributed by atoms with E-state index in [0.717, 1.165) is 59.0 Å². The van der Waals surface area contributed by atoms with Crippen LogP contribution in [0.1, 0.15) is 64.6 Å². The Morgan fingerprint density at radius 2 is 1.97 bits per heavy atom. The van der Waals surface area contributed by atoms with Gasteiger partial charge in [-0.25, -0.2) is 15.0 Å². The first-order valence-electron chi connectivity index (χ1n) is 10.8. The average Bonchev–Trinajstić information content (AvgIpc) is 3.21. The summed E-state index contributed by atoms with van der Waals surface area (Å²) >= 11 is 0. The van der Waals surface area contributed by atoms with Crippen LogP contribution in [0.15, 0.2) is 30.6 Å². The molecule has 0 saturated heterocycles. The topological polar surface area (TPSA) is 57.7 Å². The monoisotopic (exact) mass is 391 g/mol. The summed E-state index contributed by atoms with van der Waals surface area (Å²) in [4.78, 5) is 20.1. The summed E-state index contributed by atoms with van der Waals surface area (Å²) in [5.74, 6) is 1.80. The van der Waals surface area contributed by atoms with Crippen LogP contribution in [0.5, 0.6) is 0 Å². The molecule has 0 fully saturated rings. The van der Waals surface area contributed by atoms with E-state index in [0.29, 0.717) is 0 Å². The van der Waals surface area contributed by atoms with Crippen molar-refractivity contribution in [1.29, 1.82) is 0 Å². The number of fused-ring (bicyclic) bond motifs is 1. The fourth-order valence-corrected chi connectivity index (χ4v) is 3.67. The summed E-state index contributed by atoms with van der Waals surface area (Å²) in [5.41, 5.74) is 5.20. The highest BCUT2D eigenvalue weighted by Gasteiger charge is 2.18. The number of hydrogen-bond acceptors (Lipinski definition) is 4. The second kappa shape index (κ2) is 9.68. The number of allylic oxidation sites excluding steroid dienone is 2. The SMILES string of the molecule is C/C=C(/C)c1nc(-c2cnc3[nH]ccc3c2)nc(N(CCC)CCCCC)c1C. The van der Waals surface area contributed by atoms with Gasteiger partial charge in [0.25, 0.3) is 0 Å². The highest BCUT2D eigenvalue weighted by Crippen LogP contribution is 2.29. The fraction of sp³-hybridized carbons (Fsp3) is 0.458. The lowest BCUT2D eigenvalue weighted by atomic mass is 10.1. The van der Waals surface area contributed by atoms with Crippen LogP contribution in [-0.2, 0) is 0 Å². The van der Waals surface area contributed by atoms with Crippen molar-refractivity contribution in [3.05, 3.63) is 41.9 Å². The van der Waals surface area contributed by atoms with Crippen molar-refractivity contribution in [2.45, 2.75) is 60.3 Å². The van der Waals surface area contributed by atoms with E-state index in [1.807, 2.05) is 18.5 Å². The maximum atomic E-state index is 5.05. The summed E-state index contributed by atoms with van der Waals surface area (Å²) in [6.07, 6.45) is 10.6. The maximum absolute atomic E-state index is 5.05. The van der Waals surface area contributed by atoms with Crippen LogP contribution in [0.3, 0.4) is 0 Å².